The zero-order chi connectivity index (χ0) is 14.7. The molecule has 0 aromatic heterocycles. The molecule has 0 radical (unpaired) electrons. The van der Waals surface area contributed by atoms with Crippen LogP contribution in [0.3, 0.4) is 0 Å². The monoisotopic (exact) mass is 332 g/mol. The molecule has 106 valence electrons. The van der Waals surface area contributed by atoms with E-state index in [0.29, 0.717) is 27.1 Å². The molecule has 2 nitrogen and oxygen atoms in total. The van der Waals surface area contributed by atoms with Gasteiger partial charge in [-0.2, -0.15) is 0 Å². The Hall–Kier alpha value is -0.840. The zero-order valence-electron chi connectivity index (χ0n) is 10.3. The minimum absolute atomic E-state index is 0.320. The Kier molecular flexibility index (Phi) is 5.24. The van der Waals surface area contributed by atoms with Crippen LogP contribution in [0.15, 0.2) is 36.4 Å². The number of nitrogens with one attached hydrogen (secondary N) is 1. The molecule has 0 heterocycles. The number of rotatable bonds is 4. The van der Waals surface area contributed by atoms with E-state index in [1.54, 1.807) is 24.3 Å². The van der Waals surface area contributed by atoms with Crippen molar-refractivity contribution in [3.63, 3.8) is 0 Å². The first kappa shape index (κ1) is 15.5. The molecule has 2 rings (SSSR count). The third kappa shape index (κ3) is 3.43. The minimum atomic E-state index is -0.383. The molecule has 0 saturated heterocycles. The van der Waals surface area contributed by atoms with Crippen molar-refractivity contribution in [2.45, 2.75) is 12.5 Å². The van der Waals surface area contributed by atoms with Gasteiger partial charge in [0.05, 0.1) is 6.04 Å². The van der Waals surface area contributed by atoms with Crippen LogP contribution in [-0.4, -0.2) is 0 Å². The lowest BCUT2D eigenvalue weighted by Crippen LogP contribution is -2.30. The van der Waals surface area contributed by atoms with E-state index in [4.69, 9.17) is 40.6 Å². The summed E-state index contributed by atoms with van der Waals surface area (Å²) >= 11 is 18.3. The van der Waals surface area contributed by atoms with Crippen molar-refractivity contribution < 1.29 is 4.39 Å². The molecule has 0 saturated carbocycles. The molecule has 0 aliphatic rings. The van der Waals surface area contributed by atoms with Crippen molar-refractivity contribution in [3.8, 4) is 0 Å². The van der Waals surface area contributed by atoms with Gasteiger partial charge in [-0.15, -0.1) is 0 Å². The molecule has 6 heteroatoms. The fourth-order valence-corrected chi connectivity index (χ4v) is 2.90. The summed E-state index contributed by atoms with van der Waals surface area (Å²) in [5, 5.41) is 1.37. The summed E-state index contributed by atoms with van der Waals surface area (Å²) in [4.78, 5) is 0. The maximum absolute atomic E-state index is 13.1. The number of nitrogens with two attached hydrogens (primary N) is 1. The second-order valence-corrected chi connectivity index (χ2v) is 5.52. The summed E-state index contributed by atoms with van der Waals surface area (Å²) in [6, 6.07) is 9.14. The Balaban J connectivity index is 2.34. The number of halogens is 4. The molecule has 2 aromatic carbocycles. The van der Waals surface area contributed by atoms with E-state index in [1.165, 1.54) is 12.1 Å². The Morgan fingerprint density at radius 1 is 1.05 bits per heavy atom. The van der Waals surface area contributed by atoms with Crippen molar-refractivity contribution in [1.29, 1.82) is 0 Å². The van der Waals surface area contributed by atoms with Crippen molar-refractivity contribution >= 4 is 34.8 Å². The summed E-state index contributed by atoms with van der Waals surface area (Å²) in [5.41, 5.74) is 4.12. The summed E-state index contributed by atoms with van der Waals surface area (Å²) in [6.45, 7) is 0. The molecular weight excluding hydrogens is 322 g/mol. The lowest BCUT2D eigenvalue weighted by atomic mass is 9.99. The average Bonchev–Trinajstić information content (AvgIpc) is 2.39. The van der Waals surface area contributed by atoms with Gasteiger partial charge in [-0.05, 0) is 36.2 Å². The van der Waals surface area contributed by atoms with Gasteiger partial charge in [-0.25, -0.2) is 4.39 Å². The quantitative estimate of drug-likeness (QED) is 0.637. The van der Waals surface area contributed by atoms with Crippen molar-refractivity contribution in [2.75, 3.05) is 0 Å². The van der Waals surface area contributed by atoms with Crippen LogP contribution in [0.25, 0.3) is 0 Å². The number of hydrogen-bond acceptors (Lipinski definition) is 2. The molecule has 0 spiro atoms. The minimum Gasteiger partial charge on any atom is -0.271 e. The van der Waals surface area contributed by atoms with Crippen molar-refractivity contribution in [3.05, 3.63) is 68.4 Å². The zero-order valence-corrected chi connectivity index (χ0v) is 12.6. The van der Waals surface area contributed by atoms with Gasteiger partial charge in [0.25, 0.3) is 0 Å². The molecule has 0 aliphatic carbocycles. The lowest BCUT2D eigenvalue weighted by molar-refractivity contribution is 0.551. The van der Waals surface area contributed by atoms with Gasteiger partial charge in [0.2, 0.25) is 0 Å². The SMILES string of the molecule is NNC(Cc1ccc(F)cc1Cl)c1c(Cl)cccc1Cl. The van der Waals surface area contributed by atoms with Gasteiger partial charge in [0.15, 0.2) is 0 Å². The molecule has 20 heavy (non-hydrogen) atoms. The first-order chi connectivity index (χ1) is 9.52. The number of hydrazine groups is 1. The van der Waals surface area contributed by atoms with Crippen LogP contribution in [0.1, 0.15) is 17.2 Å². The van der Waals surface area contributed by atoms with E-state index in [9.17, 15) is 4.39 Å². The van der Waals surface area contributed by atoms with Gasteiger partial charge in [0, 0.05) is 20.6 Å². The molecule has 0 amide bonds. The summed E-state index contributed by atoms with van der Waals surface area (Å²) in [5.74, 6) is 5.20. The predicted molar refractivity (Wildman–Crippen MR) is 81.6 cm³/mol. The first-order valence-corrected chi connectivity index (χ1v) is 7.00. The van der Waals surface area contributed by atoms with Crippen LogP contribution in [0.5, 0.6) is 0 Å². The summed E-state index contributed by atoms with van der Waals surface area (Å²) < 4.78 is 13.1. The number of hydrogen-bond donors (Lipinski definition) is 2. The first-order valence-electron chi connectivity index (χ1n) is 5.87. The normalized spacial score (nSPS) is 12.4. The molecule has 2 aromatic rings. The standard InChI is InChI=1S/C14H12Cl3FN2/c15-10-2-1-3-11(16)14(10)13(20-19)6-8-4-5-9(18)7-12(8)17/h1-5,7,13,20H,6,19H2. The Morgan fingerprint density at radius 3 is 2.25 bits per heavy atom. The van der Waals surface area contributed by atoms with Gasteiger partial charge >= 0.3 is 0 Å². The molecular formula is C14H12Cl3FN2. The topological polar surface area (TPSA) is 38.0 Å². The van der Waals surface area contributed by atoms with E-state index in [-0.39, 0.29) is 11.9 Å². The smallest absolute Gasteiger partial charge is 0.124 e. The third-order valence-electron chi connectivity index (χ3n) is 2.99. The van der Waals surface area contributed by atoms with Crippen LogP contribution in [0, 0.1) is 5.82 Å². The largest absolute Gasteiger partial charge is 0.271 e. The van der Waals surface area contributed by atoms with Gasteiger partial charge < -0.3 is 0 Å². The fraction of sp³-hybridized carbons (Fsp3) is 0.143. The molecule has 0 fully saturated rings. The van der Waals surface area contributed by atoms with Crippen LogP contribution >= 0.6 is 34.8 Å². The van der Waals surface area contributed by atoms with Gasteiger partial charge in [-0.3, -0.25) is 11.3 Å². The van der Waals surface area contributed by atoms with Crippen molar-refractivity contribution in [2.24, 2.45) is 5.84 Å². The third-order valence-corrected chi connectivity index (χ3v) is 4.00. The highest BCUT2D eigenvalue weighted by molar-refractivity contribution is 6.36. The van der Waals surface area contributed by atoms with Crippen LogP contribution in [0.2, 0.25) is 15.1 Å². The molecule has 1 atom stereocenters. The van der Waals surface area contributed by atoms with Gasteiger partial charge in [0.1, 0.15) is 5.82 Å². The van der Waals surface area contributed by atoms with E-state index in [1.807, 2.05) is 0 Å². The van der Waals surface area contributed by atoms with E-state index in [0.717, 1.165) is 5.56 Å². The Labute approximate surface area is 131 Å². The Bertz CT molecular complexity index is 599. The molecule has 3 N–H and O–H groups in total. The van der Waals surface area contributed by atoms with E-state index in [2.05, 4.69) is 5.43 Å². The molecule has 1 unspecified atom stereocenters. The summed E-state index contributed by atoms with van der Waals surface area (Å²) in [6.07, 6.45) is 0.444. The maximum atomic E-state index is 13.1. The van der Waals surface area contributed by atoms with E-state index < -0.39 is 0 Å². The van der Waals surface area contributed by atoms with E-state index >= 15 is 0 Å². The second kappa shape index (κ2) is 6.74. The lowest BCUT2D eigenvalue weighted by Gasteiger charge is -2.19. The summed E-state index contributed by atoms with van der Waals surface area (Å²) in [7, 11) is 0. The fourth-order valence-electron chi connectivity index (χ4n) is 2.00. The van der Waals surface area contributed by atoms with Gasteiger partial charge in [-0.1, -0.05) is 46.9 Å². The van der Waals surface area contributed by atoms with Crippen LogP contribution in [0.4, 0.5) is 4.39 Å². The maximum Gasteiger partial charge on any atom is 0.124 e. The van der Waals surface area contributed by atoms with Crippen LogP contribution < -0.4 is 11.3 Å². The van der Waals surface area contributed by atoms with Crippen LogP contribution in [-0.2, 0) is 6.42 Å². The number of benzene rings is 2. The Morgan fingerprint density at radius 2 is 1.70 bits per heavy atom. The predicted octanol–water partition coefficient (Wildman–Crippen LogP) is 4.53. The molecule has 0 bridgehead atoms. The highest BCUT2D eigenvalue weighted by atomic mass is 35.5. The second-order valence-electron chi connectivity index (χ2n) is 4.29. The highest BCUT2D eigenvalue weighted by Gasteiger charge is 2.18. The van der Waals surface area contributed by atoms with Crippen molar-refractivity contribution in [1.82, 2.24) is 5.43 Å². The highest BCUT2D eigenvalue weighted by Crippen LogP contribution is 2.33. The average molecular weight is 334 g/mol. The molecule has 0 aliphatic heterocycles.